The summed E-state index contributed by atoms with van der Waals surface area (Å²) in [7, 11) is 1.79. The Morgan fingerprint density at radius 2 is 1.92 bits per heavy atom. The maximum absolute atomic E-state index is 10.9. The largest absolute Gasteiger partial charge is 0.351 e. The Hall–Kier alpha value is -0.730. The van der Waals surface area contributed by atoms with Gasteiger partial charge in [0.15, 0.2) is 0 Å². The smallest absolute Gasteiger partial charge is 0.314 e. The summed E-state index contributed by atoms with van der Waals surface area (Å²) < 4.78 is 0. The van der Waals surface area contributed by atoms with Crippen LogP contribution in [0.5, 0.6) is 0 Å². The van der Waals surface area contributed by atoms with E-state index in [1.807, 2.05) is 0 Å². The van der Waals surface area contributed by atoms with Gasteiger partial charge in [-0.15, -0.1) is 0 Å². The Balaban J connectivity index is 2.44. The number of rotatable bonds is 2. The predicted molar refractivity (Wildman–Crippen MR) is 53.4 cm³/mol. The molecule has 0 spiro atoms. The fraction of sp³-hybridized carbons (Fsp3) is 0.900. The summed E-state index contributed by atoms with van der Waals surface area (Å²) >= 11 is 0. The first kappa shape index (κ1) is 10.4. The molecule has 3 nitrogen and oxygen atoms in total. The third-order valence-electron chi connectivity index (χ3n) is 3.29. The van der Waals surface area contributed by atoms with Crippen LogP contribution in [0.25, 0.3) is 0 Å². The highest BCUT2D eigenvalue weighted by Gasteiger charge is 2.24. The molecule has 3 heteroatoms. The van der Waals surface area contributed by atoms with Crippen LogP contribution in [0.3, 0.4) is 0 Å². The summed E-state index contributed by atoms with van der Waals surface area (Å²) in [5, 5.41) is 0. The van der Waals surface area contributed by atoms with E-state index in [2.05, 4.69) is 6.92 Å². The van der Waals surface area contributed by atoms with Gasteiger partial charge in [-0.2, -0.15) is 0 Å². The van der Waals surface area contributed by atoms with Crippen LogP contribution in [0.1, 0.15) is 39.0 Å². The number of carbonyl (C=O) groups is 1. The van der Waals surface area contributed by atoms with Crippen LogP contribution in [-0.2, 0) is 0 Å². The Morgan fingerprint density at radius 1 is 1.38 bits per heavy atom. The van der Waals surface area contributed by atoms with Crippen LogP contribution in [0.15, 0.2) is 0 Å². The van der Waals surface area contributed by atoms with Crippen LogP contribution in [-0.4, -0.2) is 24.0 Å². The third-order valence-corrected chi connectivity index (χ3v) is 3.29. The number of nitrogens with two attached hydrogens (primary N) is 1. The van der Waals surface area contributed by atoms with Crippen LogP contribution in [0.2, 0.25) is 0 Å². The van der Waals surface area contributed by atoms with E-state index in [1.165, 1.54) is 32.1 Å². The topological polar surface area (TPSA) is 46.3 Å². The number of urea groups is 1. The van der Waals surface area contributed by atoms with Gasteiger partial charge in [0.05, 0.1) is 0 Å². The van der Waals surface area contributed by atoms with Gasteiger partial charge in [0.1, 0.15) is 0 Å². The average Bonchev–Trinajstić information content (AvgIpc) is 2.17. The van der Waals surface area contributed by atoms with Gasteiger partial charge >= 0.3 is 6.03 Å². The van der Waals surface area contributed by atoms with Crippen molar-refractivity contribution in [3.05, 3.63) is 0 Å². The Morgan fingerprint density at radius 3 is 2.38 bits per heavy atom. The fourth-order valence-corrected chi connectivity index (χ4v) is 2.13. The molecule has 1 saturated carbocycles. The monoisotopic (exact) mass is 184 g/mol. The van der Waals surface area contributed by atoms with E-state index in [4.69, 9.17) is 5.73 Å². The van der Waals surface area contributed by atoms with Crippen LogP contribution in [0, 0.1) is 5.92 Å². The molecule has 76 valence electrons. The lowest BCUT2D eigenvalue weighted by molar-refractivity contribution is 0.163. The zero-order valence-electron chi connectivity index (χ0n) is 8.62. The Labute approximate surface area is 80.3 Å². The quantitative estimate of drug-likeness (QED) is 0.700. The first-order chi connectivity index (χ1) is 6.13. The minimum absolute atomic E-state index is 0.304. The van der Waals surface area contributed by atoms with Crippen molar-refractivity contribution in [2.24, 2.45) is 11.7 Å². The van der Waals surface area contributed by atoms with Gasteiger partial charge in [0.25, 0.3) is 0 Å². The second-order valence-corrected chi connectivity index (χ2v) is 4.09. The standard InChI is InChI=1S/C10H20N2O/c1-8(12(2)10(11)13)9-6-4-3-5-7-9/h8-9H,3-7H2,1-2H3,(H2,11,13). The van der Waals surface area contributed by atoms with Crippen LogP contribution < -0.4 is 5.73 Å². The van der Waals surface area contributed by atoms with E-state index in [-0.39, 0.29) is 6.03 Å². The van der Waals surface area contributed by atoms with Gasteiger partial charge in [-0.05, 0) is 25.7 Å². The van der Waals surface area contributed by atoms with Crippen molar-refractivity contribution in [3.63, 3.8) is 0 Å². The van der Waals surface area contributed by atoms with Crippen LogP contribution >= 0.6 is 0 Å². The van der Waals surface area contributed by atoms with E-state index in [9.17, 15) is 4.79 Å². The second kappa shape index (κ2) is 4.49. The van der Waals surface area contributed by atoms with E-state index in [0.717, 1.165) is 0 Å². The molecule has 2 N–H and O–H groups in total. The molecule has 1 atom stereocenters. The number of hydrogen-bond acceptors (Lipinski definition) is 1. The van der Waals surface area contributed by atoms with Crippen molar-refractivity contribution >= 4 is 6.03 Å². The van der Waals surface area contributed by atoms with E-state index < -0.39 is 0 Å². The molecule has 1 aliphatic rings. The van der Waals surface area contributed by atoms with Crippen molar-refractivity contribution in [3.8, 4) is 0 Å². The minimum atomic E-state index is -0.307. The minimum Gasteiger partial charge on any atom is -0.351 e. The molecular weight excluding hydrogens is 164 g/mol. The lowest BCUT2D eigenvalue weighted by atomic mass is 9.84. The summed E-state index contributed by atoms with van der Waals surface area (Å²) in [5.74, 6) is 0.659. The third kappa shape index (κ3) is 2.61. The van der Waals surface area contributed by atoms with Gasteiger partial charge < -0.3 is 10.6 Å². The molecule has 0 radical (unpaired) electrons. The second-order valence-electron chi connectivity index (χ2n) is 4.09. The van der Waals surface area contributed by atoms with Gasteiger partial charge in [0, 0.05) is 13.1 Å². The molecular formula is C10H20N2O. The van der Waals surface area contributed by atoms with Crippen LogP contribution in [0.4, 0.5) is 4.79 Å². The molecule has 2 amide bonds. The maximum Gasteiger partial charge on any atom is 0.314 e. The van der Waals surface area contributed by atoms with Crippen molar-refractivity contribution in [1.82, 2.24) is 4.90 Å². The normalized spacial score (nSPS) is 21.1. The molecule has 1 rings (SSSR count). The molecule has 1 unspecified atom stereocenters. The lowest BCUT2D eigenvalue weighted by Gasteiger charge is -2.33. The molecule has 13 heavy (non-hydrogen) atoms. The lowest BCUT2D eigenvalue weighted by Crippen LogP contribution is -2.43. The van der Waals surface area contributed by atoms with Gasteiger partial charge in [0.2, 0.25) is 0 Å². The summed E-state index contributed by atoms with van der Waals surface area (Å²) in [4.78, 5) is 12.6. The number of nitrogens with zero attached hydrogens (tertiary/aromatic N) is 1. The molecule has 0 aromatic rings. The maximum atomic E-state index is 10.9. The first-order valence-corrected chi connectivity index (χ1v) is 5.15. The average molecular weight is 184 g/mol. The zero-order valence-corrected chi connectivity index (χ0v) is 8.62. The summed E-state index contributed by atoms with van der Waals surface area (Å²) in [6.07, 6.45) is 6.46. The molecule has 0 bridgehead atoms. The highest BCUT2D eigenvalue weighted by Crippen LogP contribution is 2.28. The first-order valence-electron chi connectivity index (χ1n) is 5.15. The molecule has 0 heterocycles. The number of primary amides is 1. The predicted octanol–water partition coefficient (Wildman–Crippen LogP) is 1.97. The zero-order chi connectivity index (χ0) is 9.84. The molecule has 0 aromatic heterocycles. The number of hydrogen-bond donors (Lipinski definition) is 1. The van der Waals surface area contributed by atoms with Crippen molar-refractivity contribution < 1.29 is 4.79 Å². The van der Waals surface area contributed by atoms with Gasteiger partial charge in [-0.25, -0.2) is 4.79 Å². The summed E-state index contributed by atoms with van der Waals surface area (Å²) in [6.45, 7) is 2.10. The molecule has 1 aliphatic carbocycles. The van der Waals surface area contributed by atoms with Gasteiger partial charge in [-0.1, -0.05) is 19.3 Å². The number of amides is 2. The molecule has 0 saturated heterocycles. The molecule has 1 fully saturated rings. The van der Waals surface area contributed by atoms with Gasteiger partial charge in [-0.3, -0.25) is 0 Å². The van der Waals surface area contributed by atoms with Crippen molar-refractivity contribution in [2.75, 3.05) is 7.05 Å². The summed E-state index contributed by atoms with van der Waals surface area (Å²) in [6, 6.07) is -0.00382. The highest BCUT2D eigenvalue weighted by atomic mass is 16.2. The number of carbonyl (C=O) groups excluding carboxylic acids is 1. The van der Waals surface area contributed by atoms with Crippen molar-refractivity contribution in [1.29, 1.82) is 0 Å². The fourth-order valence-electron chi connectivity index (χ4n) is 2.13. The van der Waals surface area contributed by atoms with E-state index >= 15 is 0 Å². The molecule has 0 aliphatic heterocycles. The van der Waals surface area contributed by atoms with Crippen molar-refractivity contribution in [2.45, 2.75) is 45.1 Å². The highest BCUT2D eigenvalue weighted by molar-refractivity contribution is 5.71. The Bertz CT molecular complexity index is 176. The van der Waals surface area contributed by atoms with E-state index in [0.29, 0.717) is 12.0 Å². The molecule has 0 aromatic carbocycles. The summed E-state index contributed by atoms with van der Waals surface area (Å²) in [5.41, 5.74) is 5.23. The Kier molecular flexibility index (Phi) is 3.58. The van der Waals surface area contributed by atoms with E-state index in [1.54, 1.807) is 11.9 Å². The SMILES string of the molecule is CC(C1CCCCC1)N(C)C(N)=O.